The standard InChI is InChI=1S/C17H26N2O.ClH/c1-12-6-5-7-19(10-12)11-16(20)18-17-14(3)8-13(2)9-15(17)4;/h8-9,12H,5-7,10-11H2,1-4H3,(H,18,20);1H. The molecule has 4 heteroatoms. The summed E-state index contributed by atoms with van der Waals surface area (Å²) in [4.78, 5) is 14.5. The summed E-state index contributed by atoms with van der Waals surface area (Å²) >= 11 is 0. The second-order valence-electron chi connectivity index (χ2n) is 6.30. The number of rotatable bonds is 3. The van der Waals surface area contributed by atoms with Crippen LogP contribution in [0.25, 0.3) is 0 Å². The molecule has 1 fully saturated rings. The van der Waals surface area contributed by atoms with Gasteiger partial charge in [0.25, 0.3) is 0 Å². The van der Waals surface area contributed by atoms with Gasteiger partial charge in [-0.25, -0.2) is 0 Å². The molecular formula is C17H27ClN2O. The van der Waals surface area contributed by atoms with Gasteiger partial charge in [-0.15, -0.1) is 12.4 Å². The number of benzene rings is 1. The van der Waals surface area contributed by atoms with Crippen molar-refractivity contribution in [2.45, 2.75) is 40.5 Å². The van der Waals surface area contributed by atoms with Gasteiger partial charge in [0.05, 0.1) is 6.54 Å². The number of halogens is 1. The molecule has 2 rings (SSSR count). The largest absolute Gasteiger partial charge is 0.324 e. The Labute approximate surface area is 134 Å². The van der Waals surface area contributed by atoms with Crippen LogP contribution in [0.15, 0.2) is 12.1 Å². The van der Waals surface area contributed by atoms with E-state index >= 15 is 0 Å². The molecule has 1 aromatic rings. The summed E-state index contributed by atoms with van der Waals surface area (Å²) in [5, 5.41) is 3.09. The molecule has 1 aromatic carbocycles. The fourth-order valence-electron chi connectivity index (χ4n) is 3.19. The SMILES string of the molecule is Cc1cc(C)c(NC(=O)CN2CCCC(C)C2)c(C)c1.Cl. The average molecular weight is 311 g/mol. The number of carbonyl (C=O) groups is 1. The first-order valence-corrected chi connectivity index (χ1v) is 7.55. The molecule has 1 N–H and O–H groups in total. The molecular weight excluding hydrogens is 284 g/mol. The number of nitrogens with zero attached hydrogens (tertiary/aromatic N) is 1. The van der Waals surface area contributed by atoms with Crippen LogP contribution < -0.4 is 5.32 Å². The Morgan fingerprint density at radius 3 is 2.48 bits per heavy atom. The lowest BCUT2D eigenvalue weighted by atomic mass is 10.0. The smallest absolute Gasteiger partial charge is 0.238 e. The normalized spacial score (nSPS) is 19.0. The highest BCUT2D eigenvalue weighted by atomic mass is 35.5. The first-order chi connectivity index (χ1) is 9.45. The summed E-state index contributed by atoms with van der Waals surface area (Å²) in [6.45, 7) is 11.1. The molecule has 21 heavy (non-hydrogen) atoms. The molecule has 0 bridgehead atoms. The zero-order valence-corrected chi connectivity index (χ0v) is 14.3. The minimum absolute atomic E-state index is 0. The third-order valence-corrected chi connectivity index (χ3v) is 4.05. The summed E-state index contributed by atoms with van der Waals surface area (Å²) in [5.74, 6) is 0.813. The van der Waals surface area contributed by atoms with E-state index in [1.165, 1.54) is 18.4 Å². The van der Waals surface area contributed by atoms with E-state index in [2.05, 4.69) is 50.0 Å². The Bertz CT molecular complexity index is 479. The zero-order chi connectivity index (χ0) is 14.7. The second-order valence-corrected chi connectivity index (χ2v) is 6.30. The van der Waals surface area contributed by atoms with Crippen LogP contribution in [0.5, 0.6) is 0 Å². The lowest BCUT2D eigenvalue weighted by Crippen LogP contribution is -2.39. The zero-order valence-electron chi connectivity index (χ0n) is 13.5. The number of piperidine rings is 1. The fourth-order valence-corrected chi connectivity index (χ4v) is 3.19. The number of amides is 1. The van der Waals surface area contributed by atoms with E-state index in [9.17, 15) is 4.79 Å². The fraction of sp³-hybridized carbons (Fsp3) is 0.588. The maximum atomic E-state index is 12.2. The third-order valence-electron chi connectivity index (χ3n) is 4.05. The molecule has 1 saturated heterocycles. The number of aryl methyl sites for hydroxylation is 3. The van der Waals surface area contributed by atoms with Gasteiger partial charge in [-0.1, -0.05) is 24.6 Å². The van der Waals surface area contributed by atoms with Crippen molar-refractivity contribution in [1.82, 2.24) is 4.90 Å². The highest BCUT2D eigenvalue weighted by molar-refractivity contribution is 5.93. The molecule has 1 atom stereocenters. The predicted octanol–water partition coefficient (Wildman–Crippen LogP) is 3.70. The van der Waals surface area contributed by atoms with E-state index in [4.69, 9.17) is 0 Å². The van der Waals surface area contributed by atoms with E-state index in [-0.39, 0.29) is 18.3 Å². The second kappa shape index (κ2) is 7.81. The molecule has 1 aliphatic heterocycles. The first-order valence-electron chi connectivity index (χ1n) is 7.55. The molecule has 0 radical (unpaired) electrons. The lowest BCUT2D eigenvalue weighted by Gasteiger charge is -2.30. The Morgan fingerprint density at radius 1 is 1.29 bits per heavy atom. The van der Waals surface area contributed by atoms with Crippen molar-refractivity contribution < 1.29 is 4.79 Å². The molecule has 0 aliphatic carbocycles. The molecule has 1 amide bonds. The Balaban J connectivity index is 0.00000220. The molecule has 0 aromatic heterocycles. The van der Waals surface area contributed by atoms with Crippen LogP contribution in [-0.4, -0.2) is 30.4 Å². The molecule has 3 nitrogen and oxygen atoms in total. The van der Waals surface area contributed by atoms with Gasteiger partial charge in [-0.2, -0.15) is 0 Å². The summed E-state index contributed by atoms with van der Waals surface area (Å²) in [5.41, 5.74) is 4.50. The Kier molecular flexibility index (Phi) is 6.69. The Hall–Kier alpha value is -1.06. The minimum Gasteiger partial charge on any atom is -0.324 e. The number of nitrogens with one attached hydrogen (secondary N) is 1. The van der Waals surface area contributed by atoms with Crippen molar-refractivity contribution in [3.05, 3.63) is 28.8 Å². The van der Waals surface area contributed by atoms with Gasteiger partial charge >= 0.3 is 0 Å². The summed E-state index contributed by atoms with van der Waals surface area (Å²) in [7, 11) is 0. The molecule has 118 valence electrons. The van der Waals surface area contributed by atoms with Crippen molar-refractivity contribution in [2.24, 2.45) is 5.92 Å². The number of hydrogen-bond donors (Lipinski definition) is 1. The minimum atomic E-state index is 0. The maximum Gasteiger partial charge on any atom is 0.238 e. The van der Waals surface area contributed by atoms with Gasteiger partial charge in [0.15, 0.2) is 0 Å². The van der Waals surface area contributed by atoms with E-state index in [1.807, 2.05) is 0 Å². The molecule has 1 heterocycles. The topological polar surface area (TPSA) is 32.3 Å². The van der Waals surface area contributed by atoms with Gasteiger partial charge in [0.2, 0.25) is 5.91 Å². The van der Waals surface area contributed by atoms with Crippen LogP contribution in [0.2, 0.25) is 0 Å². The summed E-state index contributed by atoms with van der Waals surface area (Å²) in [6.07, 6.45) is 2.49. The average Bonchev–Trinajstić information content (AvgIpc) is 2.33. The van der Waals surface area contributed by atoms with E-state index in [0.717, 1.165) is 29.9 Å². The molecule has 1 unspecified atom stereocenters. The first kappa shape index (κ1) is 18.0. The number of hydrogen-bond acceptors (Lipinski definition) is 2. The van der Waals surface area contributed by atoms with E-state index in [1.54, 1.807) is 0 Å². The number of carbonyl (C=O) groups excluding carboxylic acids is 1. The van der Waals surface area contributed by atoms with Crippen molar-refractivity contribution in [3.8, 4) is 0 Å². The number of likely N-dealkylation sites (tertiary alicyclic amines) is 1. The number of anilines is 1. The van der Waals surface area contributed by atoms with Crippen LogP contribution in [-0.2, 0) is 4.79 Å². The summed E-state index contributed by atoms with van der Waals surface area (Å²) in [6, 6.07) is 4.23. The van der Waals surface area contributed by atoms with Crippen LogP contribution >= 0.6 is 12.4 Å². The monoisotopic (exact) mass is 310 g/mol. The highest BCUT2D eigenvalue weighted by Crippen LogP contribution is 2.22. The van der Waals surface area contributed by atoms with E-state index < -0.39 is 0 Å². The van der Waals surface area contributed by atoms with Crippen molar-refractivity contribution in [3.63, 3.8) is 0 Å². The lowest BCUT2D eigenvalue weighted by molar-refractivity contribution is -0.117. The summed E-state index contributed by atoms with van der Waals surface area (Å²) < 4.78 is 0. The van der Waals surface area contributed by atoms with Crippen molar-refractivity contribution in [1.29, 1.82) is 0 Å². The maximum absolute atomic E-state index is 12.2. The van der Waals surface area contributed by atoms with Crippen LogP contribution in [0.1, 0.15) is 36.5 Å². The van der Waals surface area contributed by atoms with Gasteiger partial charge in [-0.05, 0) is 57.2 Å². The van der Waals surface area contributed by atoms with Crippen molar-refractivity contribution in [2.75, 3.05) is 25.0 Å². The van der Waals surface area contributed by atoms with Crippen molar-refractivity contribution >= 4 is 24.0 Å². The molecule has 0 spiro atoms. The van der Waals surface area contributed by atoms with Gasteiger partial charge in [0, 0.05) is 12.2 Å². The van der Waals surface area contributed by atoms with E-state index in [0.29, 0.717) is 12.5 Å². The highest BCUT2D eigenvalue weighted by Gasteiger charge is 2.19. The Morgan fingerprint density at radius 2 is 1.90 bits per heavy atom. The molecule has 1 aliphatic rings. The van der Waals surface area contributed by atoms with Crippen LogP contribution in [0, 0.1) is 26.7 Å². The van der Waals surface area contributed by atoms with Gasteiger partial charge < -0.3 is 5.32 Å². The molecule has 0 saturated carbocycles. The third kappa shape index (κ3) is 5.01. The van der Waals surface area contributed by atoms with Crippen LogP contribution in [0.3, 0.4) is 0 Å². The quantitative estimate of drug-likeness (QED) is 0.923. The predicted molar refractivity (Wildman–Crippen MR) is 91.4 cm³/mol. The van der Waals surface area contributed by atoms with Gasteiger partial charge in [0.1, 0.15) is 0 Å². The van der Waals surface area contributed by atoms with Gasteiger partial charge in [-0.3, -0.25) is 9.69 Å². The van der Waals surface area contributed by atoms with Crippen LogP contribution in [0.4, 0.5) is 5.69 Å².